The van der Waals surface area contributed by atoms with Crippen LogP contribution in [0.3, 0.4) is 0 Å². The van der Waals surface area contributed by atoms with Crippen molar-refractivity contribution in [2.45, 2.75) is 56.6 Å². The van der Waals surface area contributed by atoms with E-state index in [-0.39, 0.29) is 29.7 Å². The second-order valence-corrected chi connectivity index (χ2v) is 12.4. The van der Waals surface area contributed by atoms with Crippen molar-refractivity contribution in [1.82, 2.24) is 4.90 Å². The second-order valence-electron chi connectivity index (χ2n) is 12.4. The quantitative estimate of drug-likeness (QED) is 0.311. The summed E-state index contributed by atoms with van der Waals surface area (Å²) in [4.78, 5) is 41.0. The van der Waals surface area contributed by atoms with Crippen molar-refractivity contribution in [2.75, 3.05) is 21.2 Å². The van der Waals surface area contributed by atoms with E-state index >= 15 is 0 Å². The Kier molecular flexibility index (Phi) is 6.62. The fourth-order valence-electron chi connectivity index (χ4n) is 7.51. The molecule has 2 saturated carbocycles. The lowest BCUT2D eigenvalue weighted by molar-refractivity contribution is -0.153. The Morgan fingerprint density at radius 2 is 1.86 bits per heavy atom. The number of primary amides is 1. The molecule has 0 saturated heterocycles. The van der Waals surface area contributed by atoms with Gasteiger partial charge in [0, 0.05) is 27.8 Å². The first-order valence-electron chi connectivity index (χ1n) is 14.4. The molecule has 10 nitrogen and oxygen atoms in total. The first kappa shape index (κ1) is 28.2. The minimum absolute atomic E-state index is 0.0215. The number of Topliss-reactive ketones (excluding diaryl/α,β-unsaturated/α-hetero) is 2. The van der Waals surface area contributed by atoms with Crippen molar-refractivity contribution in [3.05, 3.63) is 51.8 Å². The second kappa shape index (κ2) is 9.84. The van der Waals surface area contributed by atoms with E-state index in [1.54, 1.807) is 14.1 Å². The van der Waals surface area contributed by atoms with Gasteiger partial charge in [-0.05, 0) is 63.2 Å². The average molecular weight is 577 g/mol. The summed E-state index contributed by atoms with van der Waals surface area (Å²) in [5.41, 5.74) is 3.29. The summed E-state index contributed by atoms with van der Waals surface area (Å²) < 4.78 is 5.82. The Hall–Kier alpha value is -3.89. The SMILES string of the molecule is COc1c2c(c(O)c3cc(CCCC4CC4)ccc13)C(O)=C1C(=O)[C@]3(O)C(O)=C(C(N)=O)C(=O)[C@@H](N(C)C)[C@@H]3C[C@@H]1C2. The number of nitrogens with two attached hydrogens (primary N) is 1. The number of likely N-dealkylation sites (N-methyl/N-ethyl adjacent to an activating group) is 1. The van der Waals surface area contributed by atoms with E-state index in [0.717, 1.165) is 30.7 Å². The van der Waals surface area contributed by atoms with Crippen LogP contribution < -0.4 is 10.5 Å². The molecule has 0 aromatic heterocycles. The normalized spacial score (nSPS) is 27.3. The van der Waals surface area contributed by atoms with Gasteiger partial charge in [-0.25, -0.2) is 0 Å². The van der Waals surface area contributed by atoms with Crippen LogP contribution in [0.5, 0.6) is 11.5 Å². The number of methoxy groups -OCH3 is 1. The van der Waals surface area contributed by atoms with Gasteiger partial charge in [0.2, 0.25) is 5.78 Å². The summed E-state index contributed by atoms with van der Waals surface area (Å²) in [6, 6.07) is 4.65. The minimum atomic E-state index is -2.67. The molecule has 222 valence electrons. The molecule has 2 aromatic carbocycles. The molecule has 0 unspecified atom stereocenters. The number of phenols is 1. The number of phenolic OH excluding ortho intramolecular Hbond substituents is 1. The summed E-state index contributed by atoms with van der Waals surface area (Å²) >= 11 is 0. The number of benzene rings is 2. The minimum Gasteiger partial charge on any atom is -0.508 e. The first-order valence-corrected chi connectivity index (χ1v) is 14.4. The van der Waals surface area contributed by atoms with E-state index in [1.165, 1.54) is 24.9 Å². The number of hydrogen-bond donors (Lipinski definition) is 5. The average Bonchev–Trinajstić information content (AvgIpc) is 3.75. The number of hydrogen-bond acceptors (Lipinski definition) is 9. The van der Waals surface area contributed by atoms with E-state index in [0.29, 0.717) is 22.1 Å². The fourth-order valence-corrected chi connectivity index (χ4v) is 7.51. The van der Waals surface area contributed by atoms with Crippen LogP contribution in [0.4, 0.5) is 0 Å². The van der Waals surface area contributed by atoms with Gasteiger partial charge >= 0.3 is 0 Å². The van der Waals surface area contributed by atoms with Crippen molar-refractivity contribution in [3.8, 4) is 11.5 Å². The maximum Gasteiger partial charge on any atom is 0.255 e. The van der Waals surface area contributed by atoms with Gasteiger partial charge in [-0.15, -0.1) is 0 Å². The van der Waals surface area contributed by atoms with Crippen molar-refractivity contribution in [3.63, 3.8) is 0 Å². The Balaban J connectivity index is 1.51. The molecular weight excluding hydrogens is 540 g/mol. The van der Waals surface area contributed by atoms with Crippen molar-refractivity contribution in [2.24, 2.45) is 23.5 Å². The number of fused-ring (bicyclic) bond motifs is 4. The zero-order valence-corrected chi connectivity index (χ0v) is 23.9. The molecule has 0 spiro atoms. The topological polar surface area (TPSA) is 171 Å². The third-order valence-corrected chi connectivity index (χ3v) is 9.69. The van der Waals surface area contributed by atoms with Crippen molar-refractivity contribution in [1.29, 1.82) is 0 Å². The number of aromatic hydroxyl groups is 1. The molecule has 6 N–H and O–H groups in total. The smallest absolute Gasteiger partial charge is 0.255 e. The predicted octanol–water partition coefficient (Wildman–Crippen LogP) is 2.86. The third kappa shape index (κ3) is 3.95. The van der Waals surface area contributed by atoms with Crippen LogP contribution in [0.25, 0.3) is 16.5 Å². The molecule has 0 bridgehead atoms. The lowest BCUT2D eigenvalue weighted by atomic mass is 9.57. The highest BCUT2D eigenvalue weighted by molar-refractivity contribution is 6.24. The monoisotopic (exact) mass is 576 g/mol. The number of ketones is 2. The lowest BCUT2D eigenvalue weighted by Gasteiger charge is -2.50. The number of aliphatic hydroxyl groups excluding tert-OH is 2. The van der Waals surface area contributed by atoms with Gasteiger partial charge in [-0.1, -0.05) is 31.4 Å². The summed E-state index contributed by atoms with van der Waals surface area (Å²) in [6.45, 7) is 0. The molecule has 2 fully saturated rings. The lowest BCUT2D eigenvalue weighted by Crippen LogP contribution is -2.65. The number of amides is 1. The zero-order chi connectivity index (χ0) is 30.2. The van der Waals surface area contributed by atoms with Crippen molar-refractivity contribution >= 4 is 34.0 Å². The van der Waals surface area contributed by atoms with Crippen molar-refractivity contribution < 1.29 is 39.5 Å². The molecule has 4 aliphatic carbocycles. The molecule has 0 heterocycles. The van der Waals surface area contributed by atoms with Gasteiger partial charge in [0.05, 0.1) is 18.7 Å². The number of ether oxygens (including phenoxy) is 1. The van der Waals surface area contributed by atoms with Crippen LogP contribution in [0.2, 0.25) is 0 Å². The number of rotatable bonds is 7. The summed E-state index contributed by atoms with van der Waals surface area (Å²) in [5, 5.41) is 47.1. The number of nitrogens with zero attached hydrogens (tertiary/aromatic N) is 1. The Morgan fingerprint density at radius 1 is 1.14 bits per heavy atom. The fraction of sp³-hybridized carbons (Fsp3) is 0.469. The molecule has 0 radical (unpaired) electrons. The Morgan fingerprint density at radius 3 is 2.48 bits per heavy atom. The van der Waals surface area contributed by atoms with Gasteiger partial charge in [0.15, 0.2) is 11.4 Å². The standard InChI is InChI=1S/C32H36N2O8/c1-34(2)24-20-13-16-12-19-22(26(36)21(16)29(38)32(20,41)30(39)23(27(24)37)31(33)40)25(35)18-11-15(6-4-5-14-7-8-14)9-10-17(18)28(19)42-3/h9-11,14,16,20,24,35-36,39,41H,4-8,12-13H2,1-3H3,(H2,33,40)/t16-,20-,24-,32-/m0/s1. The van der Waals surface area contributed by atoms with Crippen LogP contribution in [0.15, 0.2) is 35.1 Å². The summed E-state index contributed by atoms with van der Waals surface area (Å²) in [7, 11) is 4.65. The molecule has 10 heteroatoms. The Bertz CT molecular complexity index is 1620. The molecule has 2 aromatic rings. The Labute approximate surface area is 243 Å². The molecule has 4 atom stereocenters. The largest absolute Gasteiger partial charge is 0.508 e. The number of carbonyl (C=O) groups excluding carboxylic acids is 3. The van der Waals surface area contributed by atoms with Crippen LogP contribution >= 0.6 is 0 Å². The van der Waals surface area contributed by atoms with E-state index in [4.69, 9.17) is 10.5 Å². The van der Waals surface area contributed by atoms with E-state index < -0.39 is 58.0 Å². The van der Waals surface area contributed by atoms with E-state index in [9.17, 15) is 34.8 Å². The van der Waals surface area contributed by atoms with E-state index in [2.05, 4.69) is 0 Å². The van der Waals surface area contributed by atoms with Gasteiger partial charge < -0.3 is 30.9 Å². The first-order chi connectivity index (χ1) is 19.9. The number of aryl methyl sites for hydroxylation is 1. The van der Waals surface area contributed by atoms with Crippen LogP contribution in [-0.2, 0) is 27.2 Å². The van der Waals surface area contributed by atoms with Gasteiger partial charge in [0.1, 0.15) is 28.6 Å². The molecule has 1 amide bonds. The highest BCUT2D eigenvalue weighted by Crippen LogP contribution is 2.55. The van der Waals surface area contributed by atoms with Gasteiger partial charge in [-0.2, -0.15) is 0 Å². The summed E-state index contributed by atoms with van der Waals surface area (Å²) in [6.07, 6.45) is 5.80. The highest BCUT2D eigenvalue weighted by atomic mass is 16.5. The maximum absolute atomic E-state index is 14.1. The van der Waals surface area contributed by atoms with Crippen LogP contribution in [-0.4, -0.2) is 75.6 Å². The number of carbonyl (C=O) groups is 3. The number of aliphatic hydroxyl groups is 3. The highest BCUT2D eigenvalue weighted by Gasteiger charge is 2.64. The van der Waals surface area contributed by atoms with E-state index in [1.807, 2.05) is 18.2 Å². The maximum atomic E-state index is 14.1. The van der Waals surface area contributed by atoms with Crippen LogP contribution in [0, 0.1) is 17.8 Å². The van der Waals surface area contributed by atoms with Gasteiger partial charge in [0.25, 0.3) is 5.91 Å². The summed E-state index contributed by atoms with van der Waals surface area (Å²) in [5.74, 6) is -5.44. The molecule has 42 heavy (non-hydrogen) atoms. The molecule has 4 aliphatic rings. The zero-order valence-electron chi connectivity index (χ0n) is 23.9. The van der Waals surface area contributed by atoms with Crippen LogP contribution in [0.1, 0.15) is 48.8 Å². The third-order valence-electron chi connectivity index (χ3n) is 9.69. The molecule has 0 aliphatic heterocycles. The molecule has 6 rings (SSSR count). The molecular formula is C32H36N2O8. The predicted molar refractivity (Wildman–Crippen MR) is 154 cm³/mol. The van der Waals surface area contributed by atoms with Gasteiger partial charge in [-0.3, -0.25) is 19.3 Å².